The fraction of sp³-hybridized carbons (Fsp3) is 0.391. The summed E-state index contributed by atoms with van der Waals surface area (Å²) in [7, 11) is 0. The van der Waals surface area contributed by atoms with Crippen LogP contribution in [0.2, 0.25) is 0 Å². The van der Waals surface area contributed by atoms with E-state index in [9.17, 15) is 4.79 Å². The van der Waals surface area contributed by atoms with Crippen LogP contribution in [0.25, 0.3) is 16.6 Å². The van der Waals surface area contributed by atoms with Gasteiger partial charge >= 0.3 is 6.03 Å². The zero-order chi connectivity index (χ0) is 21.1. The van der Waals surface area contributed by atoms with Gasteiger partial charge in [0, 0.05) is 43.4 Å². The van der Waals surface area contributed by atoms with E-state index in [1.165, 1.54) is 0 Å². The summed E-state index contributed by atoms with van der Waals surface area (Å²) in [6.45, 7) is 7.14. The Labute approximate surface area is 176 Å². The summed E-state index contributed by atoms with van der Waals surface area (Å²) in [5.41, 5.74) is 6.98. The van der Waals surface area contributed by atoms with E-state index in [0.717, 1.165) is 40.9 Å². The van der Waals surface area contributed by atoms with Gasteiger partial charge in [-0.1, -0.05) is 18.2 Å². The van der Waals surface area contributed by atoms with Crippen molar-refractivity contribution in [1.82, 2.24) is 20.0 Å². The number of piperidine rings is 1. The minimum atomic E-state index is -0.184. The molecule has 3 heterocycles. The molecule has 158 valence electrons. The fourth-order valence-electron chi connectivity index (χ4n) is 3.74. The first-order valence-corrected chi connectivity index (χ1v) is 10.4. The quantitative estimate of drug-likeness (QED) is 0.643. The molecule has 7 nitrogen and oxygen atoms in total. The van der Waals surface area contributed by atoms with Gasteiger partial charge in [0.25, 0.3) is 0 Å². The number of amides is 2. The van der Waals surface area contributed by atoms with Crippen LogP contribution in [0.1, 0.15) is 32.4 Å². The van der Waals surface area contributed by atoms with Gasteiger partial charge in [0.1, 0.15) is 11.9 Å². The Morgan fingerprint density at radius 2 is 1.83 bits per heavy atom. The van der Waals surface area contributed by atoms with Crippen LogP contribution in [0, 0.1) is 6.92 Å². The normalized spacial score (nSPS) is 15.0. The molecule has 2 aromatic heterocycles. The van der Waals surface area contributed by atoms with Gasteiger partial charge in [-0.2, -0.15) is 5.10 Å². The number of carbonyl (C=O) groups excluding carboxylic acids is 1. The Bertz CT molecular complexity index is 1000. The van der Waals surface area contributed by atoms with Crippen molar-refractivity contribution in [3.05, 3.63) is 54.4 Å². The van der Waals surface area contributed by atoms with Gasteiger partial charge in [-0.3, -0.25) is 4.84 Å². The van der Waals surface area contributed by atoms with Crippen molar-refractivity contribution < 1.29 is 14.4 Å². The molecular formula is C23H28N4O3. The molecule has 0 saturated carbocycles. The molecule has 1 aliphatic heterocycles. The van der Waals surface area contributed by atoms with Crippen LogP contribution in [0.3, 0.4) is 0 Å². The second-order valence-corrected chi connectivity index (χ2v) is 7.90. The molecule has 2 amide bonds. The number of ether oxygens (including phenoxy) is 1. The van der Waals surface area contributed by atoms with E-state index < -0.39 is 0 Å². The number of rotatable bonds is 5. The third-order valence-corrected chi connectivity index (χ3v) is 5.38. The number of hydroxylamine groups is 1. The average molecular weight is 409 g/mol. The van der Waals surface area contributed by atoms with Crippen molar-refractivity contribution in [2.24, 2.45) is 0 Å². The average Bonchev–Trinajstić information content (AvgIpc) is 3.23. The first kappa shape index (κ1) is 20.2. The molecule has 0 unspecified atom stereocenters. The lowest BCUT2D eigenvalue weighted by molar-refractivity contribution is 0.00228. The number of fused-ring (bicyclic) bond motifs is 1. The van der Waals surface area contributed by atoms with Gasteiger partial charge in [-0.25, -0.2) is 14.8 Å². The molecule has 7 heteroatoms. The number of urea groups is 1. The van der Waals surface area contributed by atoms with E-state index >= 15 is 0 Å². The van der Waals surface area contributed by atoms with Gasteiger partial charge in [-0.15, -0.1) is 0 Å². The molecule has 0 bridgehead atoms. The van der Waals surface area contributed by atoms with Gasteiger partial charge in [0.05, 0.1) is 11.6 Å². The highest BCUT2D eigenvalue weighted by atomic mass is 16.7. The van der Waals surface area contributed by atoms with Crippen molar-refractivity contribution in [1.29, 1.82) is 0 Å². The molecule has 0 spiro atoms. The maximum Gasteiger partial charge on any atom is 0.341 e. The molecule has 3 aromatic rings. The first-order chi connectivity index (χ1) is 14.5. The van der Waals surface area contributed by atoms with E-state index in [2.05, 4.69) is 41.8 Å². The standard InChI is InChI=1S/C23H28N4O3/c1-16(2)30-25-23(28)26-14-11-21(12-15-26)29-20-7-4-18(5-8-20)22-9-6-19-10-13-24-27(19)17(22)3/h4-10,13,16,21H,11-12,14-15H2,1-3H3,(H,25,28). The summed E-state index contributed by atoms with van der Waals surface area (Å²) < 4.78 is 8.11. The fourth-order valence-corrected chi connectivity index (χ4v) is 3.74. The molecule has 0 radical (unpaired) electrons. The van der Waals surface area contributed by atoms with Crippen LogP contribution in [0.4, 0.5) is 4.79 Å². The number of carbonyl (C=O) groups is 1. The molecule has 1 saturated heterocycles. The Balaban J connectivity index is 1.34. The van der Waals surface area contributed by atoms with Crippen molar-refractivity contribution in [2.45, 2.75) is 45.8 Å². The minimum absolute atomic E-state index is 0.0389. The predicted octanol–water partition coefficient (Wildman–Crippen LogP) is 4.20. The molecule has 30 heavy (non-hydrogen) atoms. The maximum absolute atomic E-state index is 12.1. The number of benzene rings is 1. The van der Waals surface area contributed by atoms with E-state index in [4.69, 9.17) is 9.57 Å². The maximum atomic E-state index is 12.1. The molecular weight excluding hydrogens is 380 g/mol. The van der Waals surface area contributed by atoms with Crippen LogP contribution >= 0.6 is 0 Å². The molecule has 1 fully saturated rings. The number of nitrogens with zero attached hydrogens (tertiary/aromatic N) is 3. The second-order valence-electron chi connectivity index (χ2n) is 7.90. The predicted molar refractivity (Wildman–Crippen MR) is 115 cm³/mol. The number of pyridine rings is 1. The van der Waals surface area contributed by atoms with Crippen molar-refractivity contribution in [2.75, 3.05) is 13.1 Å². The third kappa shape index (κ3) is 4.41. The van der Waals surface area contributed by atoms with Crippen LogP contribution < -0.4 is 10.2 Å². The zero-order valence-corrected chi connectivity index (χ0v) is 17.7. The monoisotopic (exact) mass is 408 g/mol. The topological polar surface area (TPSA) is 68.1 Å². The second kappa shape index (κ2) is 8.75. The largest absolute Gasteiger partial charge is 0.490 e. The molecule has 1 aromatic carbocycles. The highest BCUT2D eigenvalue weighted by Gasteiger charge is 2.24. The van der Waals surface area contributed by atoms with E-state index in [1.807, 2.05) is 42.8 Å². The van der Waals surface area contributed by atoms with Gasteiger partial charge in [-0.05, 0) is 50.6 Å². The molecule has 4 rings (SSSR count). The highest BCUT2D eigenvalue weighted by Crippen LogP contribution is 2.27. The van der Waals surface area contributed by atoms with E-state index in [-0.39, 0.29) is 18.2 Å². The molecule has 0 aliphatic carbocycles. The van der Waals surface area contributed by atoms with E-state index in [0.29, 0.717) is 13.1 Å². The lowest BCUT2D eigenvalue weighted by Crippen LogP contribution is -2.46. The Hall–Kier alpha value is -3.06. The number of hydrogen-bond donors (Lipinski definition) is 1. The van der Waals surface area contributed by atoms with Crippen molar-refractivity contribution in [3.8, 4) is 16.9 Å². The summed E-state index contributed by atoms with van der Waals surface area (Å²) in [5.74, 6) is 0.850. The summed E-state index contributed by atoms with van der Waals surface area (Å²) in [6, 6.07) is 14.2. The van der Waals surface area contributed by atoms with Crippen molar-refractivity contribution >= 4 is 11.5 Å². The Morgan fingerprint density at radius 1 is 1.10 bits per heavy atom. The SMILES string of the molecule is Cc1c(-c2ccc(OC3CCN(C(=O)NOC(C)C)CC3)cc2)ccc2ccnn12. The summed E-state index contributed by atoms with van der Waals surface area (Å²) in [6.07, 6.45) is 3.48. The number of aryl methyl sites for hydroxylation is 1. The van der Waals surface area contributed by atoms with Crippen LogP contribution in [0.5, 0.6) is 5.75 Å². The number of aromatic nitrogens is 2. The molecule has 1 aliphatic rings. The number of likely N-dealkylation sites (tertiary alicyclic amines) is 1. The van der Waals surface area contributed by atoms with Crippen molar-refractivity contribution in [3.63, 3.8) is 0 Å². The molecule has 1 N–H and O–H groups in total. The van der Waals surface area contributed by atoms with Crippen LogP contribution in [-0.2, 0) is 4.84 Å². The number of hydrogen-bond acceptors (Lipinski definition) is 4. The Morgan fingerprint density at radius 3 is 2.53 bits per heavy atom. The lowest BCUT2D eigenvalue weighted by atomic mass is 10.0. The third-order valence-electron chi connectivity index (χ3n) is 5.38. The highest BCUT2D eigenvalue weighted by molar-refractivity contribution is 5.73. The van der Waals surface area contributed by atoms with Gasteiger partial charge in [0.2, 0.25) is 0 Å². The lowest BCUT2D eigenvalue weighted by Gasteiger charge is -2.32. The first-order valence-electron chi connectivity index (χ1n) is 10.4. The Kier molecular flexibility index (Phi) is 5.90. The zero-order valence-electron chi connectivity index (χ0n) is 17.7. The van der Waals surface area contributed by atoms with E-state index in [1.54, 1.807) is 4.90 Å². The minimum Gasteiger partial charge on any atom is -0.490 e. The van der Waals surface area contributed by atoms with Gasteiger partial charge in [0.15, 0.2) is 0 Å². The van der Waals surface area contributed by atoms with Gasteiger partial charge < -0.3 is 9.64 Å². The van der Waals surface area contributed by atoms with Crippen LogP contribution in [0.15, 0.2) is 48.7 Å². The summed E-state index contributed by atoms with van der Waals surface area (Å²) in [4.78, 5) is 19.0. The summed E-state index contributed by atoms with van der Waals surface area (Å²) >= 11 is 0. The molecule has 0 atom stereocenters. The smallest absolute Gasteiger partial charge is 0.341 e. The number of nitrogens with one attached hydrogen (secondary N) is 1. The summed E-state index contributed by atoms with van der Waals surface area (Å²) in [5, 5.41) is 4.39. The van der Waals surface area contributed by atoms with Crippen LogP contribution in [-0.4, -0.2) is 45.8 Å².